The molecule has 2 unspecified atom stereocenters. The van der Waals surface area contributed by atoms with Gasteiger partial charge in [-0.2, -0.15) is 0 Å². The molecule has 1 saturated carbocycles. The Kier molecular flexibility index (Phi) is 6.34. The smallest absolute Gasteiger partial charge is 0.119 e. The Morgan fingerprint density at radius 2 is 1.95 bits per heavy atom. The van der Waals surface area contributed by atoms with Crippen LogP contribution in [0.5, 0.6) is 5.75 Å². The van der Waals surface area contributed by atoms with E-state index in [0.717, 1.165) is 18.1 Å². The maximum Gasteiger partial charge on any atom is 0.119 e. The van der Waals surface area contributed by atoms with E-state index in [1.807, 2.05) is 12.1 Å². The fourth-order valence-corrected chi connectivity index (χ4v) is 2.82. The molecule has 2 atom stereocenters. The molecule has 3 heteroatoms. The second kappa shape index (κ2) is 8.28. The Hall–Kier alpha value is -1.06. The van der Waals surface area contributed by atoms with Gasteiger partial charge in [-0.05, 0) is 49.4 Å². The van der Waals surface area contributed by atoms with Crippen molar-refractivity contribution in [2.75, 3.05) is 19.8 Å². The number of hydrogen-bond donors (Lipinski definition) is 1. The lowest BCUT2D eigenvalue weighted by molar-refractivity contribution is 0.00196. The Labute approximate surface area is 122 Å². The van der Waals surface area contributed by atoms with E-state index in [-0.39, 0.29) is 0 Å². The fourth-order valence-electron chi connectivity index (χ4n) is 2.82. The predicted octanol–water partition coefficient (Wildman–Crippen LogP) is 3.16. The van der Waals surface area contributed by atoms with Crippen molar-refractivity contribution in [1.29, 1.82) is 0 Å². The first-order chi connectivity index (χ1) is 9.78. The van der Waals surface area contributed by atoms with Crippen molar-refractivity contribution in [3.05, 3.63) is 29.8 Å². The van der Waals surface area contributed by atoms with Crippen LogP contribution >= 0.6 is 0 Å². The van der Waals surface area contributed by atoms with E-state index in [1.54, 1.807) is 0 Å². The Morgan fingerprint density at radius 3 is 2.65 bits per heavy atom. The van der Waals surface area contributed by atoms with Crippen molar-refractivity contribution >= 4 is 0 Å². The highest BCUT2D eigenvalue weighted by atomic mass is 16.5. The Balaban J connectivity index is 1.62. The van der Waals surface area contributed by atoms with Crippen LogP contribution in [0.4, 0.5) is 0 Å². The van der Waals surface area contributed by atoms with Gasteiger partial charge in [0.2, 0.25) is 0 Å². The summed E-state index contributed by atoms with van der Waals surface area (Å²) in [6.45, 7) is 4.31. The third-order valence-corrected chi connectivity index (χ3v) is 3.95. The van der Waals surface area contributed by atoms with Gasteiger partial charge in [0.15, 0.2) is 0 Å². The number of benzene rings is 1. The minimum absolute atomic E-state index is 0.439. The minimum Gasteiger partial charge on any atom is -0.491 e. The summed E-state index contributed by atoms with van der Waals surface area (Å²) >= 11 is 0. The van der Waals surface area contributed by atoms with E-state index in [2.05, 4.69) is 19.1 Å². The summed E-state index contributed by atoms with van der Waals surface area (Å²) in [7, 11) is 0. The van der Waals surface area contributed by atoms with E-state index < -0.39 is 0 Å². The van der Waals surface area contributed by atoms with Gasteiger partial charge in [-0.3, -0.25) is 0 Å². The number of nitrogens with two attached hydrogens (primary N) is 1. The van der Waals surface area contributed by atoms with Crippen molar-refractivity contribution in [3.8, 4) is 5.75 Å². The number of ether oxygens (including phenoxy) is 2. The molecule has 112 valence electrons. The topological polar surface area (TPSA) is 44.5 Å². The lowest BCUT2D eigenvalue weighted by Gasteiger charge is -2.26. The highest BCUT2D eigenvalue weighted by Crippen LogP contribution is 2.25. The molecule has 2 rings (SSSR count). The van der Waals surface area contributed by atoms with Crippen LogP contribution in [-0.2, 0) is 11.2 Å². The molecule has 0 saturated heterocycles. The third-order valence-electron chi connectivity index (χ3n) is 3.95. The monoisotopic (exact) mass is 277 g/mol. The summed E-state index contributed by atoms with van der Waals surface area (Å²) in [6, 6.07) is 8.17. The van der Waals surface area contributed by atoms with Crippen LogP contribution in [0.15, 0.2) is 24.3 Å². The quantitative estimate of drug-likeness (QED) is 0.779. The Morgan fingerprint density at radius 1 is 1.15 bits per heavy atom. The molecule has 1 aromatic rings. The van der Waals surface area contributed by atoms with Gasteiger partial charge in [0, 0.05) is 0 Å². The van der Waals surface area contributed by atoms with Crippen LogP contribution in [0, 0.1) is 5.92 Å². The second-order valence-corrected chi connectivity index (χ2v) is 5.80. The average molecular weight is 277 g/mol. The molecule has 0 bridgehead atoms. The summed E-state index contributed by atoms with van der Waals surface area (Å²) in [5, 5.41) is 0. The third kappa shape index (κ3) is 5.14. The Bertz CT molecular complexity index is 377. The van der Waals surface area contributed by atoms with Crippen LogP contribution in [0.3, 0.4) is 0 Å². The van der Waals surface area contributed by atoms with E-state index in [0.29, 0.717) is 25.9 Å². The summed E-state index contributed by atoms with van der Waals surface area (Å²) in [5.74, 6) is 1.72. The van der Waals surface area contributed by atoms with Crippen molar-refractivity contribution in [2.45, 2.75) is 45.1 Å². The standard InChI is InChI=1S/C17H27NO2/c1-14-3-2-4-17(13-14)20-12-11-19-16-7-5-15(6-8-16)9-10-18/h5-8,14,17H,2-4,9-13,18H2,1H3. The molecular formula is C17H27NO2. The van der Waals surface area contributed by atoms with Gasteiger partial charge in [0.05, 0.1) is 12.7 Å². The van der Waals surface area contributed by atoms with E-state index >= 15 is 0 Å². The van der Waals surface area contributed by atoms with Crippen LogP contribution in [0.1, 0.15) is 38.2 Å². The highest BCUT2D eigenvalue weighted by Gasteiger charge is 2.18. The van der Waals surface area contributed by atoms with E-state index in [4.69, 9.17) is 15.2 Å². The summed E-state index contributed by atoms with van der Waals surface area (Å²) in [5.41, 5.74) is 6.79. The van der Waals surface area contributed by atoms with Crippen LogP contribution in [-0.4, -0.2) is 25.9 Å². The normalized spacial score (nSPS) is 22.7. The van der Waals surface area contributed by atoms with Crippen LogP contribution in [0.25, 0.3) is 0 Å². The lowest BCUT2D eigenvalue weighted by atomic mass is 9.89. The van der Waals surface area contributed by atoms with E-state index in [9.17, 15) is 0 Å². The maximum absolute atomic E-state index is 5.90. The molecule has 1 aliphatic rings. The summed E-state index contributed by atoms with van der Waals surface area (Å²) in [6.07, 6.45) is 6.42. The number of hydrogen-bond acceptors (Lipinski definition) is 3. The molecule has 1 aliphatic carbocycles. The van der Waals surface area contributed by atoms with Gasteiger partial charge in [-0.15, -0.1) is 0 Å². The molecule has 20 heavy (non-hydrogen) atoms. The maximum atomic E-state index is 5.90. The molecule has 0 radical (unpaired) electrons. The molecule has 0 aromatic heterocycles. The number of rotatable bonds is 7. The van der Waals surface area contributed by atoms with Gasteiger partial charge in [0.25, 0.3) is 0 Å². The molecule has 3 nitrogen and oxygen atoms in total. The SMILES string of the molecule is CC1CCCC(OCCOc2ccc(CCN)cc2)C1. The minimum atomic E-state index is 0.439. The van der Waals surface area contributed by atoms with Crippen LogP contribution < -0.4 is 10.5 Å². The molecule has 0 heterocycles. The van der Waals surface area contributed by atoms with Crippen molar-refractivity contribution < 1.29 is 9.47 Å². The molecule has 1 fully saturated rings. The zero-order chi connectivity index (χ0) is 14.2. The summed E-state index contributed by atoms with van der Waals surface area (Å²) < 4.78 is 11.6. The van der Waals surface area contributed by atoms with Gasteiger partial charge < -0.3 is 15.2 Å². The molecule has 2 N–H and O–H groups in total. The van der Waals surface area contributed by atoms with Gasteiger partial charge >= 0.3 is 0 Å². The summed E-state index contributed by atoms with van der Waals surface area (Å²) in [4.78, 5) is 0. The molecule has 0 aliphatic heterocycles. The zero-order valence-electron chi connectivity index (χ0n) is 12.5. The lowest BCUT2D eigenvalue weighted by Crippen LogP contribution is -2.23. The predicted molar refractivity (Wildman–Crippen MR) is 82.1 cm³/mol. The molecule has 0 amide bonds. The van der Waals surface area contributed by atoms with Gasteiger partial charge in [-0.25, -0.2) is 0 Å². The first-order valence-corrected chi connectivity index (χ1v) is 7.81. The fraction of sp³-hybridized carbons (Fsp3) is 0.647. The molecular weight excluding hydrogens is 250 g/mol. The second-order valence-electron chi connectivity index (χ2n) is 5.80. The largest absolute Gasteiger partial charge is 0.491 e. The van der Waals surface area contributed by atoms with Gasteiger partial charge in [-0.1, -0.05) is 31.9 Å². The molecule has 0 spiro atoms. The molecule has 1 aromatic carbocycles. The van der Waals surface area contributed by atoms with Crippen molar-refractivity contribution in [1.82, 2.24) is 0 Å². The first kappa shape index (κ1) is 15.3. The van der Waals surface area contributed by atoms with Crippen LogP contribution in [0.2, 0.25) is 0 Å². The van der Waals surface area contributed by atoms with Crippen molar-refractivity contribution in [3.63, 3.8) is 0 Å². The average Bonchev–Trinajstić information content (AvgIpc) is 2.46. The first-order valence-electron chi connectivity index (χ1n) is 7.81. The van der Waals surface area contributed by atoms with E-state index in [1.165, 1.54) is 31.2 Å². The van der Waals surface area contributed by atoms with Crippen molar-refractivity contribution in [2.24, 2.45) is 11.7 Å². The zero-order valence-corrected chi connectivity index (χ0v) is 12.5. The highest BCUT2D eigenvalue weighted by molar-refractivity contribution is 5.27. The van der Waals surface area contributed by atoms with Gasteiger partial charge in [0.1, 0.15) is 12.4 Å².